The highest BCUT2D eigenvalue weighted by atomic mass is 19.4. The Hall–Kier alpha value is -1.79. The van der Waals surface area contributed by atoms with Gasteiger partial charge in [-0.1, -0.05) is 26.7 Å². The van der Waals surface area contributed by atoms with Crippen LogP contribution < -0.4 is 5.32 Å². The highest BCUT2D eigenvalue weighted by molar-refractivity contribution is 5.55. The minimum absolute atomic E-state index is 0.0115. The van der Waals surface area contributed by atoms with E-state index in [0.29, 0.717) is 5.92 Å². The van der Waals surface area contributed by atoms with E-state index in [-0.39, 0.29) is 11.7 Å². The average Bonchev–Trinajstić information content (AvgIpc) is 2.38. The van der Waals surface area contributed by atoms with Crippen molar-refractivity contribution in [2.75, 3.05) is 5.32 Å². The number of nitro benzene ring substituents is 1. The van der Waals surface area contributed by atoms with Crippen LogP contribution in [0.4, 0.5) is 24.5 Å². The zero-order chi connectivity index (χ0) is 16.2. The third-order valence-electron chi connectivity index (χ3n) is 3.65. The second-order valence-corrected chi connectivity index (χ2v) is 5.00. The van der Waals surface area contributed by atoms with Crippen LogP contribution >= 0.6 is 0 Å². The molecule has 4 nitrogen and oxygen atoms in total. The van der Waals surface area contributed by atoms with Crippen molar-refractivity contribution in [2.45, 2.75) is 45.8 Å². The minimum Gasteiger partial charge on any atom is -0.382 e. The van der Waals surface area contributed by atoms with Gasteiger partial charge in [-0.15, -0.1) is 0 Å². The lowest BCUT2D eigenvalue weighted by Gasteiger charge is -2.24. The molecule has 1 aromatic carbocycles. The molecule has 21 heavy (non-hydrogen) atoms. The first-order chi connectivity index (χ1) is 9.70. The Morgan fingerprint density at radius 1 is 1.29 bits per heavy atom. The Morgan fingerprint density at radius 3 is 2.29 bits per heavy atom. The van der Waals surface area contributed by atoms with Gasteiger partial charge in [0.15, 0.2) is 0 Å². The van der Waals surface area contributed by atoms with Crippen LogP contribution in [0.25, 0.3) is 0 Å². The molecule has 118 valence electrons. The monoisotopic (exact) mass is 304 g/mol. The first-order valence-electron chi connectivity index (χ1n) is 6.82. The van der Waals surface area contributed by atoms with Gasteiger partial charge in [0.05, 0.1) is 4.92 Å². The average molecular weight is 304 g/mol. The molecule has 1 atom stereocenters. The van der Waals surface area contributed by atoms with Gasteiger partial charge in [-0.3, -0.25) is 10.1 Å². The van der Waals surface area contributed by atoms with Gasteiger partial charge in [0.1, 0.15) is 5.56 Å². The summed E-state index contributed by atoms with van der Waals surface area (Å²) in [5.41, 5.74) is -1.91. The smallest absolute Gasteiger partial charge is 0.382 e. The topological polar surface area (TPSA) is 55.2 Å². The van der Waals surface area contributed by atoms with E-state index in [2.05, 4.69) is 5.32 Å². The van der Waals surface area contributed by atoms with E-state index in [4.69, 9.17) is 0 Å². The summed E-state index contributed by atoms with van der Waals surface area (Å²) in [4.78, 5) is 9.67. The standard InChI is InChI=1S/C14H19F3N2O2/c1-4-10(5-2)9(3)18-11-6-7-13(19(20)21)12(8-11)14(15,16)17/h6-10,18H,4-5H2,1-3H3. The van der Waals surface area contributed by atoms with Gasteiger partial charge in [-0.05, 0) is 25.0 Å². The summed E-state index contributed by atoms with van der Waals surface area (Å²) < 4.78 is 38.7. The van der Waals surface area contributed by atoms with Crippen LogP contribution in [0.1, 0.15) is 39.2 Å². The third-order valence-corrected chi connectivity index (χ3v) is 3.65. The lowest BCUT2D eigenvalue weighted by molar-refractivity contribution is -0.388. The van der Waals surface area contributed by atoms with E-state index in [9.17, 15) is 23.3 Å². The van der Waals surface area contributed by atoms with E-state index in [1.807, 2.05) is 20.8 Å². The molecule has 0 aromatic heterocycles. The molecule has 7 heteroatoms. The molecule has 0 aliphatic heterocycles. The molecule has 0 heterocycles. The highest BCUT2D eigenvalue weighted by Gasteiger charge is 2.38. The molecular weight excluding hydrogens is 285 g/mol. The summed E-state index contributed by atoms with van der Waals surface area (Å²) in [7, 11) is 0. The predicted octanol–water partition coefficient (Wildman–Crippen LogP) is 4.85. The Kier molecular flexibility index (Phi) is 5.57. The summed E-state index contributed by atoms with van der Waals surface area (Å²) in [5.74, 6) is 0.328. The molecule has 0 aliphatic rings. The lowest BCUT2D eigenvalue weighted by atomic mass is 9.95. The van der Waals surface area contributed by atoms with E-state index >= 15 is 0 Å². The van der Waals surface area contributed by atoms with Crippen molar-refractivity contribution in [1.82, 2.24) is 0 Å². The van der Waals surface area contributed by atoms with Gasteiger partial charge in [-0.2, -0.15) is 13.2 Å². The van der Waals surface area contributed by atoms with E-state index < -0.39 is 22.4 Å². The highest BCUT2D eigenvalue weighted by Crippen LogP contribution is 2.37. The molecule has 0 amide bonds. The molecular formula is C14H19F3N2O2. The number of halogens is 3. The molecule has 1 aromatic rings. The number of rotatable bonds is 6. The molecule has 0 bridgehead atoms. The van der Waals surface area contributed by atoms with E-state index in [0.717, 1.165) is 25.0 Å². The van der Waals surface area contributed by atoms with Crippen LogP contribution in [0.15, 0.2) is 18.2 Å². The van der Waals surface area contributed by atoms with Gasteiger partial charge in [-0.25, -0.2) is 0 Å². The lowest BCUT2D eigenvalue weighted by Crippen LogP contribution is -2.25. The number of hydrogen-bond donors (Lipinski definition) is 1. The van der Waals surface area contributed by atoms with Gasteiger partial charge in [0.25, 0.3) is 5.69 Å². The molecule has 0 saturated carbocycles. The number of nitrogens with one attached hydrogen (secondary N) is 1. The first-order valence-corrected chi connectivity index (χ1v) is 6.82. The molecule has 1 unspecified atom stereocenters. The van der Waals surface area contributed by atoms with Crippen LogP contribution in [0.3, 0.4) is 0 Å². The third kappa shape index (κ3) is 4.34. The predicted molar refractivity (Wildman–Crippen MR) is 75.3 cm³/mol. The Morgan fingerprint density at radius 2 is 1.86 bits per heavy atom. The fourth-order valence-electron chi connectivity index (χ4n) is 2.39. The zero-order valence-electron chi connectivity index (χ0n) is 12.2. The van der Waals surface area contributed by atoms with Crippen molar-refractivity contribution in [3.63, 3.8) is 0 Å². The number of benzene rings is 1. The number of alkyl halides is 3. The molecule has 0 radical (unpaired) electrons. The van der Waals surface area contributed by atoms with Crippen molar-refractivity contribution in [3.05, 3.63) is 33.9 Å². The number of nitrogens with zero attached hydrogens (tertiary/aromatic N) is 1. The summed E-state index contributed by atoms with van der Waals surface area (Å²) in [5, 5.41) is 13.7. The second kappa shape index (κ2) is 6.78. The fourth-order valence-corrected chi connectivity index (χ4v) is 2.39. The number of nitro groups is 1. The normalized spacial score (nSPS) is 13.3. The largest absolute Gasteiger partial charge is 0.423 e. The van der Waals surface area contributed by atoms with Crippen LogP contribution in [0, 0.1) is 16.0 Å². The van der Waals surface area contributed by atoms with Crippen LogP contribution in [-0.4, -0.2) is 11.0 Å². The van der Waals surface area contributed by atoms with Crippen molar-refractivity contribution in [3.8, 4) is 0 Å². The molecule has 0 aliphatic carbocycles. The van der Waals surface area contributed by atoms with Crippen LogP contribution in [0.2, 0.25) is 0 Å². The van der Waals surface area contributed by atoms with Crippen LogP contribution in [0.5, 0.6) is 0 Å². The fraction of sp³-hybridized carbons (Fsp3) is 0.571. The van der Waals surface area contributed by atoms with Crippen molar-refractivity contribution in [1.29, 1.82) is 0 Å². The zero-order valence-corrected chi connectivity index (χ0v) is 12.2. The van der Waals surface area contributed by atoms with Gasteiger partial charge >= 0.3 is 6.18 Å². The Labute approximate surface area is 121 Å². The number of hydrogen-bond acceptors (Lipinski definition) is 3. The van der Waals surface area contributed by atoms with Crippen LogP contribution in [-0.2, 0) is 6.18 Å². The molecule has 1 rings (SSSR count). The summed E-state index contributed by atoms with van der Waals surface area (Å²) >= 11 is 0. The summed E-state index contributed by atoms with van der Waals surface area (Å²) in [6, 6.07) is 3.00. The van der Waals surface area contributed by atoms with E-state index in [1.54, 1.807) is 0 Å². The molecule has 0 spiro atoms. The molecule has 0 saturated heterocycles. The van der Waals surface area contributed by atoms with Gasteiger partial charge < -0.3 is 5.32 Å². The second-order valence-electron chi connectivity index (χ2n) is 5.00. The molecule has 1 N–H and O–H groups in total. The van der Waals surface area contributed by atoms with Crippen molar-refractivity contribution < 1.29 is 18.1 Å². The van der Waals surface area contributed by atoms with Gasteiger partial charge in [0.2, 0.25) is 0 Å². The van der Waals surface area contributed by atoms with Crippen molar-refractivity contribution >= 4 is 11.4 Å². The van der Waals surface area contributed by atoms with Crippen molar-refractivity contribution in [2.24, 2.45) is 5.92 Å². The quantitative estimate of drug-likeness (QED) is 0.603. The maximum Gasteiger partial charge on any atom is 0.423 e. The molecule has 0 fully saturated rings. The summed E-state index contributed by atoms with van der Waals surface area (Å²) in [6.45, 7) is 5.93. The van der Waals surface area contributed by atoms with E-state index in [1.165, 1.54) is 6.07 Å². The summed E-state index contributed by atoms with van der Waals surface area (Å²) in [6.07, 6.45) is -2.94. The maximum absolute atomic E-state index is 12.9. The minimum atomic E-state index is -4.75. The Bertz CT molecular complexity index is 499. The number of anilines is 1. The first kappa shape index (κ1) is 17.3. The Balaban J connectivity index is 3.09. The van der Waals surface area contributed by atoms with Gasteiger partial charge in [0, 0.05) is 17.8 Å². The maximum atomic E-state index is 12.9. The SMILES string of the molecule is CCC(CC)C(C)Nc1ccc([N+](=O)[O-])c(C(F)(F)F)c1.